The highest BCUT2D eigenvalue weighted by molar-refractivity contribution is 6.26. The van der Waals surface area contributed by atoms with Gasteiger partial charge in [0.15, 0.2) is 0 Å². The Hall–Kier alpha value is -11.6. The summed E-state index contributed by atoms with van der Waals surface area (Å²) in [5, 5.41) is 7.19. The lowest BCUT2D eigenvalue weighted by Crippen LogP contribution is -2.51. The monoisotopic (exact) mass is 1170 g/mol. The molecule has 0 saturated heterocycles. The van der Waals surface area contributed by atoms with Gasteiger partial charge in [-0.25, -0.2) is 9.35 Å². The van der Waals surface area contributed by atoms with Crippen LogP contribution in [0.2, 0.25) is 0 Å². The van der Waals surface area contributed by atoms with E-state index >= 15 is 0 Å². The summed E-state index contributed by atoms with van der Waals surface area (Å²) < 4.78 is 4.51. The average molecular weight is 1170 g/mol. The van der Waals surface area contributed by atoms with Crippen LogP contribution in [0.3, 0.4) is 0 Å². The fourth-order valence-electron chi connectivity index (χ4n) is 17.2. The number of aromatic nitrogens is 2. The lowest BCUT2D eigenvalue weighted by molar-refractivity contribution is -0.140. The van der Waals surface area contributed by atoms with E-state index in [-0.39, 0.29) is 35.4 Å². The summed E-state index contributed by atoms with van der Waals surface area (Å²) in [6, 6.07) is 37.0. The molecule has 90 heavy (non-hydrogen) atoms. The summed E-state index contributed by atoms with van der Waals surface area (Å²) in [6.07, 6.45) is 19.1. The molecule has 0 saturated carbocycles. The average Bonchev–Trinajstić information content (AvgIpc) is 0.880. The molecule has 6 aromatic carbocycles. The van der Waals surface area contributed by atoms with Crippen LogP contribution in [0, 0.1) is 11.8 Å². The molecule has 8 aromatic rings. The van der Waals surface area contributed by atoms with Crippen molar-refractivity contribution in [2.24, 2.45) is 11.8 Å². The largest absolute Gasteiger partial charge is 0.281 e. The highest BCUT2D eigenvalue weighted by Crippen LogP contribution is 2.56. The second-order valence-corrected chi connectivity index (χ2v) is 25.1. The number of carbonyl (C=O) groups excluding carboxylic acids is 8. The number of para-hydroxylation sites is 2. The Morgan fingerprint density at radius 2 is 0.933 bits per heavy atom. The van der Waals surface area contributed by atoms with E-state index in [2.05, 4.69) is 70.0 Å². The van der Waals surface area contributed by atoms with Crippen LogP contribution in [0.1, 0.15) is 54.8 Å². The Morgan fingerprint density at radius 3 is 1.64 bits per heavy atom. The summed E-state index contributed by atoms with van der Waals surface area (Å²) in [5.74, 6) is -5.26. The topological polar surface area (TPSA) is 159 Å². The van der Waals surface area contributed by atoms with Crippen LogP contribution in [0.25, 0.3) is 77.1 Å². The van der Waals surface area contributed by atoms with Gasteiger partial charge in [-0.05, 0) is 166 Å². The Kier molecular flexibility index (Phi) is 8.96. The van der Waals surface area contributed by atoms with Gasteiger partial charge in [0.1, 0.15) is 0 Å². The highest BCUT2D eigenvalue weighted by Gasteiger charge is 2.50. The zero-order chi connectivity index (χ0) is 60.7. The molecule has 4 atom stereocenters. The Bertz CT molecular complexity index is 5930. The van der Waals surface area contributed by atoms with Crippen molar-refractivity contribution < 1.29 is 38.4 Å². The van der Waals surface area contributed by atoms with Crippen LogP contribution in [0.5, 0.6) is 0 Å². The van der Waals surface area contributed by atoms with Gasteiger partial charge in [0.2, 0.25) is 11.8 Å². The van der Waals surface area contributed by atoms with Crippen LogP contribution in [0.15, 0.2) is 215 Å². The quantitative estimate of drug-likeness (QED) is 0.169. The van der Waals surface area contributed by atoms with Gasteiger partial charge in [-0.15, -0.1) is 0 Å². The summed E-state index contributed by atoms with van der Waals surface area (Å²) in [5.41, 5.74) is 17.4. The van der Waals surface area contributed by atoms with Gasteiger partial charge < -0.3 is 0 Å². The third-order valence-corrected chi connectivity index (χ3v) is 21.2. The smallest absolute Gasteiger partial charge is 0.260 e. The predicted molar refractivity (Wildman–Crippen MR) is 338 cm³/mol. The van der Waals surface area contributed by atoms with E-state index in [9.17, 15) is 38.4 Å². The van der Waals surface area contributed by atoms with E-state index in [1.165, 1.54) is 47.8 Å². The molecular formula is C76H44N6O8. The summed E-state index contributed by atoms with van der Waals surface area (Å²) in [7, 11) is 6.09. The molecule has 14 nitrogen and oxygen atoms in total. The molecule has 8 aliphatic carbocycles. The summed E-state index contributed by atoms with van der Waals surface area (Å²) in [4.78, 5) is 118. The number of likely N-dealkylation sites (N-methyl/N-ethyl adjacent to an activating group) is 4. The lowest BCUT2D eigenvalue weighted by atomic mass is 9.62. The molecule has 4 unspecified atom stereocenters. The van der Waals surface area contributed by atoms with Crippen molar-refractivity contribution in [2.75, 3.05) is 28.2 Å². The zero-order valence-corrected chi connectivity index (χ0v) is 48.4. The SMILES string of the molecule is CN1C(=O)C2=CC(c3ccc4c(c3)c3ccccc3n4-n3c4ccccc4c4ccc(C5=CC6=C7C(=CC=C8C9=c%10c%11c(ccc%10=C5C87)C(=O)N(C)C(=O)C%11C=C9)C(=O)N(C)C6=O)cc43)=C3C4=c5c6c(ccc5=C5C=CC(=C2C35)C1=O)C(=O)N(C)C(=O)C6C=C4. The number of amides is 8. The number of nitrogens with zero attached hydrogens (tertiary/aromatic N) is 6. The highest BCUT2D eigenvalue weighted by atomic mass is 16.2. The molecule has 0 radical (unpaired) electrons. The molecule has 0 spiro atoms. The normalized spacial score (nSPS) is 22.9. The Morgan fingerprint density at radius 1 is 0.367 bits per heavy atom. The van der Waals surface area contributed by atoms with E-state index in [1.807, 2.05) is 91.1 Å². The van der Waals surface area contributed by atoms with Gasteiger partial charge in [-0.1, -0.05) is 103 Å². The number of carbonyl (C=O) groups is 8. The predicted octanol–water partition coefficient (Wildman–Crippen LogP) is 7.13. The minimum absolute atomic E-state index is 0.301. The molecule has 12 aliphatic rings. The van der Waals surface area contributed by atoms with Crippen LogP contribution in [-0.4, -0.2) is 104 Å². The molecule has 0 bridgehead atoms. The molecule has 0 fully saturated rings. The fourth-order valence-corrected chi connectivity index (χ4v) is 17.2. The molecule has 20 rings (SSSR count). The van der Waals surface area contributed by atoms with Crippen molar-refractivity contribution in [1.82, 2.24) is 29.0 Å². The van der Waals surface area contributed by atoms with Crippen LogP contribution >= 0.6 is 0 Å². The minimum Gasteiger partial charge on any atom is -0.281 e. The number of fused-ring (bicyclic) bond motifs is 8. The number of imide groups is 4. The van der Waals surface area contributed by atoms with Crippen molar-refractivity contribution in [2.45, 2.75) is 11.8 Å². The van der Waals surface area contributed by atoms with E-state index in [4.69, 9.17) is 0 Å². The first-order chi connectivity index (χ1) is 43.7. The number of rotatable bonds is 3. The first kappa shape index (κ1) is 49.5. The zero-order valence-electron chi connectivity index (χ0n) is 48.4. The number of benzene rings is 6. The second kappa shape index (κ2) is 16.3. The Balaban J connectivity index is 0.840. The van der Waals surface area contributed by atoms with Gasteiger partial charge in [-0.3, -0.25) is 58.0 Å². The maximum atomic E-state index is 14.6. The summed E-state index contributed by atoms with van der Waals surface area (Å²) >= 11 is 0. The maximum Gasteiger partial charge on any atom is 0.260 e. The Labute approximate surface area is 509 Å². The number of hydrogen-bond donors (Lipinski definition) is 0. The molecule has 0 N–H and O–H groups in total. The van der Waals surface area contributed by atoms with E-state index in [0.717, 1.165) is 120 Å². The molecule has 14 heteroatoms. The van der Waals surface area contributed by atoms with Gasteiger partial charge >= 0.3 is 0 Å². The van der Waals surface area contributed by atoms with Gasteiger partial charge in [0, 0.05) is 95.0 Å². The lowest BCUT2D eigenvalue weighted by Gasteiger charge is -2.42. The van der Waals surface area contributed by atoms with E-state index in [1.54, 1.807) is 18.2 Å². The molecule has 6 heterocycles. The minimum atomic E-state index is -0.675. The van der Waals surface area contributed by atoms with E-state index < -0.39 is 35.5 Å². The van der Waals surface area contributed by atoms with Crippen molar-refractivity contribution >= 4 is 124 Å². The maximum absolute atomic E-state index is 14.6. The summed E-state index contributed by atoms with van der Waals surface area (Å²) in [6.45, 7) is 0. The molecular weight excluding hydrogens is 1120 g/mol. The fraction of sp³-hybridized carbons (Fsp3) is 0.105. The number of hydrogen-bond acceptors (Lipinski definition) is 8. The first-order valence-electron chi connectivity index (χ1n) is 30.0. The van der Waals surface area contributed by atoms with Crippen LogP contribution in [-0.2, 0) is 28.8 Å². The molecule has 426 valence electrons. The van der Waals surface area contributed by atoms with Crippen molar-refractivity contribution in [3.63, 3.8) is 0 Å². The van der Waals surface area contributed by atoms with Crippen LogP contribution < -0.4 is 20.9 Å². The van der Waals surface area contributed by atoms with Gasteiger partial charge in [0.25, 0.3) is 35.4 Å². The first-order valence-corrected chi connectivity index (χ1v) is 30.0. The third kappa shape index (κ3) is 5.60. The van der Waals surface area contributed by atoms with Crippen molar-refractivity contribution in [3.8, 4) is 0 Å². The van der Waals surface area contributed by atoms with Crippen LogP contribution in [0.4, 0.5) is 0 Å². The van der Waals surface area contributed by atoms with Crippen molar-refractivity contribution in [3.05, 3.63) is 269 Å². The standard InChI is InChI=1S/C76H44N6O8/c1-77-69(83)44-22-16-38-40-18-24-48-65-53(75(89)79(3)73(48)87)31-50(61(67(40)65)42-20-26-46(71(77)85)63(44)59(38)42)33-14-28-57-52(29-33)36-10-6-8-12-56(36)81(57)82-55-11-7-5-9-35(55)37-15-13-34(30-58(37)82)51-32-54-66-49(74(88)80(4)76(54)90)25-19-41-39-17-23-45-64-47(72(86)78(2)70(45)84)27-21-43(60(39)64)62(51)68(41)66/h5-32,45-46,67-68H,1-4H3. The molecule has 4 aliphatic heterocycles. The third-order valence-electron chi connectivity index (χ3n) is 21.2. The molecule has 2 aromatic heterocycles. The molecule has 8 amide bonds. The van der Waals surface area contributed by atoms with Crippen molar-refractivity contribution in [1.29, 1.82) is 0 Å². The number of allylic oxidation sites excluding steroid dienone is 10. The van der Waals surface area contributed by atoms with E-state index in [0.29, 0.717) is 55.7 Å². The van der Waals surface area contributed by atoms with Gasteiger partial charge in [-0.2, -0.15) is 0 Å². The van der Waals surface area contributed by atoms with Gasteiger partial charge in [0.05, 0.1) is 33.9 Å². The second-order valence-electron chi connectivity index (χ2n) is 25.1.